The topological polar surface area (TPSA) is 95.6 Å². The Morgan fingerprint density at radius 2 is 1.79 bits per heavy atom. The summed E-state index contributed by atoms with van der Waals surface area (Å²) >= 11 is 0. The molecule has 2 unspecified atom stereocenters. The van der Waals surface area contributed by atoms with Crippen molar-refractivity contribution in [3.8, 4) is 11.8 Å². The molecule has 2 heterocycles. The van der Waals surface area contributed by atoms with E-state index in [4.69, 9.17) is 5.26 Å². The van der Waals surface area contributed by atoms with E-state index >= 15 is 0 Å². The highest BCUT2D eigenvalue weighted by Crippen LogP contribution is 2.20. The SMILES string of the molecule is Cc1cnn(-c2ccc(NC(=O)C(NCC(C)c3ccc(C#N)cc3)c3ccccc3)nc2)c1. The maximum absolute atomic E-state index is 13.2. The molecule has 2 aromatic heterocycles. The van der Waals surface area contributed by atoms with Crippen LogP contribution in [0.4, 0.5) is 5.82 Å². The lowest BCUT2D eigenvalue weighted by atomic mass is 9.98. The molecule has 0 aliphatic rings. The molecule has 2 aromatic carbocycles. The number of hydrogen-bond donors (Lipinski definition) is 2. The number of rotatable bonds is 8. The number of carbonyl (C=O) groups is 1. The van der Waals surface area contributed by atoms with Crippen molar-refractivity contribution in [2.75, 3.05) is 11.9 Å². The molecule has 7 nitrogen and oxygen atoms in total. The molecule has 2 N–H and O–H groups in total. The lowest BCUT2D eigenvalue weighted by molar-refractivity contribution is -0.118. The van der Waals surface area contributed by atoms with E-state index in [1.807, 2.05) is 73.8 Å². The monoisotopic (exact) mass is 450 g/mol. The summed E-state index contributed by atoms with van der Waals surface area (Å²) in [6.07, 6.45) is 5.38. The average molecular weight is 451 g/mol. The van der Waals surface area contributed by atoms with Crippen molar-refractivity contribution in [1.29, 1.82) is 5.26 Å². The predicted molar refractivity (Wildman–Crippen MR) is 131 cm³/mol. The van der Waals surface area contributed by atoms with Crippen LogP contribution in [0, 0.1) is 18.3 Å². The summed E-state index contributed by atoms with van der Waals surface area (Å²) in [6, 6.07) is 22.4. The van der Waals surface area contributed by atoms with Crippen LogP contribution in [0.25, 0.3) is 5.69 Å². The van der Waals surface area contributed by atoms with Gasteiger partial charge in [-0.25, -0.2) is 9.67 Å². The van der Waals surface area contributed by atoms with Crippen molar-refractivity contribution in [2.24, 2.45) is 0 Å². The number of amides is 1. The van der Waals surface area contributed by atoms with Gasteiger partial charge in [-0.2, -0.15) is 10.4 Å². The van der Waals surface area contributed by atoms with Gasteiger partial charge in [0.1, 0.15) is 11.9 Å². The van der Waals surface area contributed by atoms with Crippen LogP contribution in [0.5, 0.6) is 0 Å². The molecule has 0 bridgehead atoms. The zero-order valence-electron chi connectivity index (χ0n) is 19.1. The molecule has 0 fully saturated rings. The van der Waals surface area contributed by atoms with Crippen LogP contribution < -0.4 is 10.6 Å². The number of aryl methyl sites for hydroxylation is 1. The van der Waals surface area contributed by atoms with Gasteiger partial charge < -0.3 is 10.6 Å². The van der Waals surface area contributed by atoms with Crippen molar-refractivity contribution < 1.29 is 4.79 Å². The van der Waals surface area contributed by atoms with E-state index in [0.717, 1.165) is 22.4 Å². The number of anilines is 1. The first-order valence-corrected chi connectivity index (χ1v) is 11.1. The minimum absolute atomic E-state index is 0.154. The quantitative estimate of drug-likeness (QED) is 0.411. The molecule has 4 rings (SSSR count). The zero-order valence-corrected chi connectivity index (χ0v) is 19.1. The number of nitriles is 1. The maximum atomic E-state index is 13.2. The molecule has 0 radical (unpaired) electrons. The van der Waals surface area contributed by atoms with Gasteiger partial charge in [-0.1, -0.05) is 49.4 Å². The summed E-state index contributed by atoms with van der Waals surface area (Å²) in [6.45, 7) is 4.65. The van der Waals surface area contributed by atoms with Gasteiger partial charge in [-0.15, -0.1) is 0 Å². The van der Waals surface area contributed by atoms with Crippen molar-refractivity contribution in [1.82, 2.24) is 20.1 Å². The fourth-order valence-corrected chi connectivity index (χ4v) is 3.65. The molecule has 0 saturated carbocycles. The smallest absolute Gasteiger partial charge is 0.247 e. The Labute approximate surface area is 199 Å². The van der Waals surface area contributed by atoms with E-state index in [1.165, 1.54) is 0 Å². The Morgan fingerprint density at radius 1 is 1.03 bits per heavy atom. The van der Waals surface area contributed by atoms with Gasteiger partial charge in [0, 0.05) is 12.7 Å². The minimum Gasteiger partial charge on any atom is -0.309 e. The third-order valence-electron chi connectivity index (χ3n) is 5.61. The summed E-state index contributed by atoms with van der Waals surface area (Å²) in [4.78, 5) is 17.6. The second-order valence-corrected chi connectivity index (χ2v) is 8.24. The molecular formula is C27H26N6O. The standard InChI is InChI=1S/C27H26N6O/c1-19-15-31-33(18-19)24-12-13-25(29-17-24)32-27(34)26(23-6-4-3-5-7-23)30-16-20(2)22-10-8-21(14-28)9-11-22/h3-13,15,17-18,20,26,30H,16H2,1-2H3,(H,29,32,34). The Morgan fingerprint density at radius 3 is 2.41 bits per heavy atom. The maximum Gasteiger partial charge on any atom is 0.247 e. The van der Waals surface area contributed by atoms with E-state index in [2.05, 4.69) is 33.7 Å². The van der Waals surface area contributed by atoms with E-state index < -0.39 is 6.04 Å². The molecule has 2 atom stereocenters. The molecule has 7 heteroatoms. The Balaban J connectivity index is 1.46. The van der Waals surface area contributed by atoms with E-state index in [-0.39, 0.29) is 11.8 Å². The second-order valence-electron chi connectivity index (χ2n) is 8.24. The lowest BCUT2D eigenvalue weighted by Crippen LogP contribution is -2.35. The van der Waals surface area contributed by atoms with Gasteiger partial charge in [-0.3, -0.25) is 4.79 Å². The lowest BCUT2D eigenvalue weighted by Gasteiger charge is -2.21. The molecule has 0 spiro atoms. The molecule has 0 aliphatic heterocycles. The molecular weight excluding hydrogens is 424 g/mol. The number of nitrogens with one attached hydrogen (secondary N) is 2. The van der Waals surface area contributed by atoms with Crippen molar-refractivity contribution in [3.63, 3.8) is 0 Å². The van der Waals surface area contributed by atoms with E-state index in [1.54, 1.807) is 23.1 Å². The number of nitrogens with zero attached hydrogens (tertiary/aromatic N) is 4. The fourth-order valence-electron chi connectivity index (χ4n) is 3.65. The van der Waals surface area contributed by atoms with Crippen LogP contribution in [-0.2, 0) is 4.79 Å². The molecule has 34 heavy (non-hydrogen) atoms. The van der Waals surface area contributed by atoms with Crippen LogP contribution in [0.2, 0.25) is 0 Å². The highest BCUT2D eigenvalue weighted by Gasteiger charge is 2.21. The number of pyridine rings is 1. The van der Waals surface area contributed by atoms with Gasteiger partial charge in [0.05, 0.1) is 29.7 Å². The fraction of sp³-hybridized carbons (Fsp3) is 0.185. The van der Waals surface area contributed by atoms with Crippen LogP contribution >= 0.6 is 0 Å². The van der Waals surface area contributed by atoms with Crippen LogP contribution in [0.3, 0.4) is 0 Å². The van der Waals surface area contributed by atoms with E-state index in [0.29, 0.717) is 17.9 Å². The molecule has 4 aromatic rings. The Bertz CT molecular complexity index is 1270. The van der Waals surface area contributed by atoms with Crippen molar-refractivity contribution >= 4 is 11.7 Å². The average Bonchev–Trinajstić information content (AvgIpc) is 3.31. The van der Waals surface area contributed by atoms with Gasteiger partial charge in [0.2, 0.25) is 5.91 Å². The normalized spacial score (nSPS) is 12.5. The first kappa shape index (κ1) is 22.9. The highest BCUT2D eigenvalue weighted by molar-refractivity contribution is 5.94. The number of benzene rings is 2. The third-order valence-corrected chi connectivity index (χ3v) is 5.61. The first-order valence-electron chi connectivity index (χ1n) is 11.1. The van der Waals surface area contributed by atoms with Crippen LogP contribution in [0.1, 0.15) is 41.1 Å². The zero-order chi connectivity index (χ0) is 23.9. The summed E-state index contributed by atoms with van der Waals surface area (Å²) in [7, 11) is 0. The summed E-state index contributed by atoms with van der Waals surface area (Å²) in [5.41, 5.74) is 4.48. The van der Waals surface area contributed by atoms with Gasteiger partial charge >= 0.3 is 0 Å². The minimum atomic E-state index is -0.544. The highest BCUT2D eigenvalue weighted by atomic mass is 16.2. The Hall–Kier alpha value is -4.28. The summed E-state index contributed by atoms with van der Waals surface area (Å²) in [5, 5.41) is 19.6. The van der Waals surface area contributed by atoms with Crippen LogP contribution in [0.15, 0.2) is 85.3 Å². The number of hydrogen-bond acceptors (Lipinski definition) is 5. The van der Waals surface area contributed by atoms with Crippen molar-refractivity contribution in [3.05, 3.63) is 108 Å². The molecule has 1 amide bonds. The Kier molecular flexibility index (Phi) is 7.11. The largest absolute Gasteiger partial charge is 0.309 e. The first-order chi connectivity index (χ1) is 16.5. The second kappa shape index (κ2) is 10.6. The molecule has 0 saturated heterocycles. The molecule has 0 aliphatic carbocycles. The number of carbonyl (C=O) groups excluding carboxylic acids is 1. The van der Waals surface area contributed by atoms with Gasteiger partial charge in [0.25, 0.3) is 0 Å². The van der Waals surface area contributed by atoms with Gasteiger partial charge in [0.15, 0.2) is 0 Å². The predicted octanol–water partition coefficient (Wildman–Crippen LogP) is 4.52. The summed E-state index contributed by atoms with van der Waals surface area (Å²) < 4.78 is 1.74. The third kappa shape index (κ3) is 5.55. The van der Waals surface area contributed by atoms with Crippen LogP contribution in [-0.4, -0.2) is 27.2 Å². The number of aromatic nitrogens is 3. The molecule has 170 valence electrons. The van der Waals surface area contributed by atoms with Crippen molar-refractivity contribution in [2.45, 2.75) is 25.8 Å². The van der Waals surface area contributed by atoms with E-state index in [9.17, 15) is 4.79 Å². The summed E-state index contributed by atoms with van der Waals surface area (Å²) in [5.74, 6) is 0.440. The van der Waals surface area contributed by atoms with Gasteiger partial charge in [-0.05, 0) is 53.8 Å².